The first-order valence-electron chi connectivity index (χ1n) is 7.07. The molecule has 2 saturated heterocycles. The molecule has 4 heteroatoms. The highest BCUT2D eigenvalue weighted by molar-refractivity contribution is 5.77. The molecule has 0 aromatic heterocycles. The van der Waals surface area contributed by atoms with Crippen molar-refractivity contribution in [2.45, 2.75) is 44.8 Å². The van der Waals surface area contributed by atoms with Gasteiger partial charge in [0.1, 0.15) is 11.2 Å². The Kier molecular flexibility index (Phi) is 3.21. The Labute approximate surface area is 118 Å². The first kappa shape index (κ1) is 13.4. The van der Waals surface area contributed by atoms with Crippen molar-refractivity contribution in [2.75, 3.05) is 7.11 Å². The quantitative estimate of drug-likeness (QED) is 0.918. The molecule has 0 radical (unpaired) electrons. The number of aryl methyl sites for hydroxylation is 1. The Morgan fingerprint density at radius 3 is 2.85 bits per heavy atom. The molecular weight excluding hydrogens is 256 g/mol. The van der Waals surface area contributed by atoms with Gasteiger partial charge in [-0.1, -0.05) is 17.7 Å². The van der Waals surface area contributed by atoms with Gasteiger partial charge in [0.05, 0.1) is 19.3 Å². The maximum Gasteiger partial charge on any atom is 0.312 e. The number of carbonyl (C=O) groups is 1. The third kappa shape index (κ3) is 1.99. The van der Waals surface area contributed by atoms with E-state index < -0.39 is 11.4 Å². The zero-order valence-corrected chi connectivity index (χ0v) is 11.9. The van der Waals surface area contributed by atoms with Crippen LogP contribution in [0.25, 0.3) is 0 Å². The van der Waals surface area contributed by atoms with Crippen molar-refractivity contribution in [1.82, 2.24) is 0 Å². The van der Waals surface area contributed by atoms with Gasteiger partial charge in [-0.05, 0) is 44.2 Å². The highest BCUT2D eigenvalue weighted by Gasteiger charge is 2.57. The summed E-state index contributed by atoms with van der Waals surface area (Å²) in [7, 11) is 1.62. The van der Waals surface area contributed by atoms with E-state index >= 15 is 0 Å². The summed E-state index contributed by atoms with van der Waals surface area (Å²) in [5.41, 5.74) is 1.29. The summed E-state index contributed by atoms with van der Waals surface area (Å²) in [6.07, 6.45) is 2.90. The molecule has 3 unspecified atom stereocenters. The number of hydrogen-bond acceptors (Lipinski definition) is 3. The van der Waals surface area contributed by atoms with Crippen LogP contribution in [-0.2, 0) is 16.0 Å². The molecule has 0 saturated carbocycles. The number of aliphatic carboxylic acids is 1. The molecule has 4 nitrogen and oxygen atoms in total. The standard InChI is InChI=1S/C16H20O4/c1-10-3-5-13(19-2)11(7-10)8-16(15(17)18)9-12-4-6-14(16)20-12/h3,5,7,12,14H,4,6,8-9H2,1-2H3,(H,17,18). The Hall–Kier alpha value is -1.55. The van der Waals surface area contributed by atoms with Gasteiger partial charge in [0.2, 0.25) is 0 Å². The monoisotopic (exact) mass is 276 g/mol. The molecule has 0 amide bonds. The maximum atomic E-state index is 11.9. The molecule has 20 heavy (non-hydrogen) atoms. The molecule has 108 valence electrons. The Balaban J connectivity index is 1.96. The summed E-state index contributed by atoms with van der Waals surface area (Å²) in [5.74, 6) is 0.0206. The van der Waals surface area contributed by atoms with Crippen molar-refractivity contribution in [1.29, 1.82) is 0 Å². The van der Waals surface area contributed by atoms with Crippen LogP contribution >= 0.6 is 0 Å². The Morgan fingerprint density at radius 2 is 2.30 bits per heavy atom. The van der Waals surface area contributed by atoms with Crippen molar-refractivity contribution >= 4 is 5.97 Å². The van der Waals surface area contributed by atoms with E-state index in [0.29, 0.717) is 12.8 Å². The lowest BCUT2D eigenvalue weighted by atomic mass is 9.70. The van der Waals surface area contributed by atoms with Crippen LogP contribution < -0.4 is 4.74 Å². The molecule has 3 rings (SSSR count). The van der Waals surface area contributed by atoms with E-state index in [-0.39, 0.29) is 12.2 Å². The van der Waals surface area contributed by atoms with Crippen LogP contribution in [-0.4, -0.2) is 30.4 Å². The number of hydrogen-bond donors (Lipinski definition) is 1. The van der Waals surface area contributed by atoms with Crippen molar-refractivity contribution in [3.8, 4) is 5.75 Å². The second-order valence-electron chi connectivity index (χ2n) is 5.98. The number of methoxy groups -OCH3 is 1. The van der Waals surface area contributed by atoms with E-state index in [1.54, 1.807) is 7.11 Å². The first-order chi connectivity index (χ1) is 9.55. The summed E-state index contributed by atoms with van der Waals surface area (Å²) in [6, 6.07) is 5.91. The zero-order chi connectivity index (χ0) is 14.3. The smallest absolute Gasteiger partial charge is 0.312 e. The number of carboxylic acids is 1. The molecule has 2 bridgehead atoms. The largest absolute Gasteiger partial charge is 0.496 e. The molecular formula is C16H20O4. The second-order valence-corrected chi connectivity index (χ2v) is 5.98. The van der Waals surface area contributed by atoms with Crippen LogP contribution in [0, 0.1) is 12.3 Å². The molecule has 0 aliphatic carbocycles. The molecule has 2 aliphatic rings. The fraction of sp³-hybridized carbons (Fsp3) is 0.562. The predicted molar refractivity (Wildman–Crippen MR) is 74.0 cm³/mol. The fourth-order valence-corrected chi connectivity index (χ4v) is 3.67. The molecule has 2 heterocycles. The first-order valence-corrected chi connectivity index (χ1v) is 7.07. The van der Waals surface area contributed by atoms with Gasteiger partial charge in [-0.2, -0.15) is 0 Å². The van der Waals surface area contributed by atoms with Crippen LogP contribution in [0.1, 0.15) is 30.4 Å². The van der Waals surface area contributed by atoms with Gasteiger partial charge < -0.3 is 14.6 Å². The topological polar surface area (TPSA) is 55.8 Å². The van der Waals surface area contributed by atoms with Crippen LogP contribution in [0.2, 0.25) is 0 Å². The summed E-state index contributed by atoms with van der Waals surface area (Å²) < 4.78 is 11.2. The van der Waals surface area contributed by atoms with Gasteiger partial charge in [0.15, 0.2) is 0 Å². The third-order valence-electron chi connectivity index (χ3n) is 4.68. The van der Waals surface area contributed by atoms with Crippen LogP contribution in [0.3, 0.4) is 0 Å². The number of ether oxygens (including phenoxy) is 2. The van der Waals surface area contributed by atoms with Gasteiger partial charge in [0, 0.05) is 0 Å². The molecule has 3 atom stereocenters. The maximum absolute atomic E-state index is 11.9. The molecule has 1 aromatic rings. The highest BCUT2D eigenvalue weighted by Crippen LogP contribution is 2.50. The van der Waals surface area contributed by atoms with Crippen molar-refractivity contribution in [3.05, 3.63) is 29.3 Å². The minimum atomic E-state index is -0.788. The number of carboxylic acid groups (broad SMARTS) is 1. The van der Waals surface area contributed by atoms with E-state index in [1.807, 2.05) is 25.1 Å². The molecule has 2 aliphatic heterocycles. The number of benzene rings is 1. The molecule has 1 N–H and O–H groups in total. The minimum Gasteiger partial charge on any atom is -0.496 e. The van der Waals surface area contributed by atoms with Crippen molar-refractivity contribution in [2.24, 2.45) is 5.41 Å². The van der Waals surface area contributed by atoms with Gasteiger partial charge in [-0.3, -0.25) is 4.79 Å². The van der Waals surface area contributed by atoms with Crippen LogP contribution in [0.4, 0.5) is 0 Å². The number of fused-ring (bicyclic) bond motifs is 2. The van der Waals surface area contributed by atoms with Crippen LogP contribution in [0.5, 0.6) is 5.75 Å². The van der Waals surface area contributed by atoms with Crippen molar-refractivity contribution in [3.63, 3.8) is 0 Å². The summed E-state index contributed by atoms with van der Waals surface area (Å²) >= 11 is 0. The van der Waals surface area contributed by atoms with E-state index in [4.69, 9.17) is 9.47 Å². The summed E-state index contributed by atoms with van der Waals surface area (Å²) in [6.45, 7) is 2.01. The van der Waals surface area contributed by atoms with E-state index in [2.05, 4.69) is 0 Å². The lowest BCUT2D eigenvalue weighted by Crippen LogP contribution is -2.42. The van der Waals surface area contributed by atoms with Gasteiger partial charge in [-0.15, -0.1) is 0 Å². The highest BCUT2D eigenvalue weighted by atomic mass is 16.5. The molecule has 2 fully saturated rings. The predicted octanol–water partition coefficient (Wildman–Crippen LogP) is 2.57. The normalized spacial score (nSPS) is 31.5. The average molecular weight is 276 g/mol. The van der Waals surface area contributed by atoms with Crippen LogP contribution in [0.15, 0.2) is 18.2 Å². The van der Waals surface area contributed by atoms with Gasteiger partial charge in [-0.25, -0.2) is 0 Å². The summed E-state index contributed by atoms with van der Waals surface area (Å²) in [4.78, 5) is 11.9. The van der Waals surface area contributed by atoms with Gasteiger partial charge >= 0.3 is 5.97 Å². The van der Waals surface area contributed by atoms with E-state index in [1.165, 1.54) is 0 Å². The third-order valence-corrected chi connectivity index (χ3v) is 4.68. The Morgan fingerprint density at radius 1 is 1.50 bits per heavy atom. The minimum absolute atomic E-state index is 0.118. The average Bonchev–Trinajstić information content (AvgIpc) is 3.00. The SMILES string of the molecule is COc1ccc(C)cc1CC1(C(=O)O)CC2CCC1O2. The number of rotatable bonds is 4. The van der Waals surface area contributed by atoms with Gasteiger partial charge in [0.25, 0.3) is 0 Å². The molecule has 0 spiro atoms. The Bertz CT molecular complexity index is 539. The fourth-order valence-electron chi connectivity index (χ4n) is 3.67. The van der Waals surface area contributed by atoms with E-state index in [0.717, 1.165) is 29.7 Å². The lowest BCUT2D eigenvalue weighted by molar-refractivity contribution is -0.152. The summed E-state index contributed by atoms with van der Waals surface area (Å²) in [5, 5.41) is 9.76. The molecule has 1 aromatic carbocycles. The van der Waals surface area contributed by atoms with E-state index in [9.17, 15) is 9.90 Å². The lowest BCUT2D eigenvalue weighted by Gasteiger charge is -2.31. The van der Waals surface area contributed by atoms with Crippen molar-refractivity contribution < 1.29 is 19.4 Å². The second kappa shape index (κ2) is 4.77. The zero-order valence-electron chi connectivity index (χ0n) is 11.9.